The molecule has 0 N–H and O–H groups in total. The molecule has 1 aliphatic rings. The average molecular weight is 234 g/mol. The van der Waals surface area contributed by atoms with Crippen molar-refractivity contribution in [3.8, 4) is 0 Å². The van der Waals surface area contributed by atoms with Crippen LogP contribution in [0.3, 0.4) is 0 Å². The van der Waals surface area contributed by atoms with E-state index in [4.69, 9.17) is 0 Å². The molecule has 1 aromatic heterocycles. The van der Waals surface area contributed by atoms with Crippen LogP contribution in [0, 0.1) is 5.92 Å². The van der Waals surface area contributed by atoms with Gasteiger partial charge in [0.1, 0.15) is 12.1 Å². The molecule has 2 rings (SSSR count). The van der Waals surface area contributed by atoms with Gasteiger partial charge in [0.15, 0.2) is 0 Å². The van der Waals surface area contributed by atoms with Gasteiger partial charge in [-0.25, -0.2) is 9.97 Å². The van der Waals surface area contributed by atoms with Gasteiger partial charge in [-0.1, -0.05) is 13.8 Å². The highest BCUT2D eigenvalue weighted by Gasteiger charge is 2.21. The molecule has 4 nitrogen and oxygen atoms in total. The molecule has 0 fully saturated rings. The van der Waals surface area contributed by atoms with Crippen LogP contribution in [-0.2, 0) is 13.0 Å². The first-order chi connectivity index (χ1) is 8.08. The number of rotatable bonds is 3. The maximum Gasteiger partial charge on any atom is 0.136 e. The fourth-order valence-electron chi connectivity index (χ4n) is 2.44. The fraction of sp³-hybridized carbons (Fsp3) is 0.692. The van der Waals surface area contributed by atoms with Gasteiger partial charge < -0.3 is 4.90 Å². The van der Waals surface area contributed by atoms with Crippen LogP contribution >= 0.6 is 0 Å². The van der Waals surface area contributed by atoms with Crippen LogP contribution in [0.5, 0.6) is 0 Å². The summed E-state index contributed by atoms with van der Waals surface area (Å²) in [6.45, 7) is 7.80. The monoisotopic (exact) mass is 234 g/mol. The van der Waals surface area contributed by atoms with Gasteiger partial charge in [0.25, 0.3) is 0 Å². The van der Waals surface area contributed by atoms with E-state index in [1.807, 2.05) is 14.1 Å². The third-order valence-corrected chi connectivity index (χ3v) is 3.11. The van der Waals surface area contributed by atoms with E-state index in [1.54, 1.807) is 6.33 Å². The van der Waals surface area contributed by atoms with E-state index in [0.29, 0.717) is 5.92 Å². The molecule has 0 atom stereocenters. The average Bonchev–Trinajstić information content (AvgIpc) is 2.27. The van der Waals surface area contributed by atoms with Gasteiger partial charge in [-0.15, -0.1) is 0 Å². The smallest absolute Gasteiger partial charge is 0.136 e. The van der Waals surface area contributed by atoms with Crippen molar-refractivity contribution >= 4 is 5.82 Å². The zero-order valence-corrected chi connectivity index (χ0v) is 11.3. The number of fused-ring (bicyclic) bond motifs is 1. The first-order valence-electron chi connectivity index (χ1n) is 6.30. The van der Waals surface area contributed by atoms with Gasteiger partial charge in [-0.3, -0.25) is 4.90 Å². The maximum atomic E-state index is 4.41. The molecular formula is C13H22N4. The maximum absolute atomic E-state index is 4.41. The molecule has 2 heterocycles. The Morgan fingerprint density at radius 2 is 2.12 bits per heavy atom. The molecule has 0 unspecified atom stereocenters. The van der Waals surface area contributed by atoms with Gasteiger partial charge in [0, 0.05) is 45.7 Å². The first-order valence-corrected chi connectivity index (χ1v) is 6.30. The number of nitrogens with zero attached hydrogens (tertiary/aromatic N) is 4. The number of hydrogen-bond acceptors (Lipinski definition) is 4. The van der Waals surface area contributed by atoms with E-state index in [-0.39, 0.29) is 0 Å². The van der Waals surface area contributed by atoms with Gasteiger partial charge in [-0.05, 0) is 5.92 Å². The Morgan fingerprint density at radius 3 is 2.76 bits per heavy atom. The SMILES string of the molecule is CC(C)CN1CCc2ncnc(N(C)C)c2C1. The van der Waals surface area contributed by atoms with Gasteiger partial charge in [0.05, 0.1) is 5.69 Å². The van der Waals surface area contributed by atoms with Gasteiger partial charge in [-0.2, -0.15) is 0 Å². The van der Waals surface area contributed by atoms with Crippen molar-refractivity contribution in [1.29, 1.82) is 0 Å². The van der Waals surface area contributed by atoms with E-state index < -0.39 is 0 Å². The van der Waals surface area contributed by atoms with E-state index in [2.05, 4.69) is 33.6 Å². The second-order valence-electron chi connectivity index (χ2n) is 5.40. The molecule has 0 aromatic carbocycles. The Bertz CT molecular complexity index is 387. The molecular weight excluding hydrogens is 212 g/mol. The van der Waals surface area contributed by atoms with Crippen molar-refractivity contribution in [2.45, 2.75) is 26.8 Å². The lowest BCUT2D eigenvalue weighted by Crippen LogP contribution is -2.35. The molecule has 0 saturated heterocycles. The second-order valence-corrected chi connectivity index (χ2v) is 5.40. The molecule has 0 bridgehead atoms. The molecule has 0 spiro atoms. The van der Waals surface area contributed by atoms with Crippen molar-refractivity contribution in [3.63, 3.8) is 0 Å². The summed E-state index contributed by atoms with van der Waals surface area (Å²) in [5, 5.41) is 0. The minimum Gasteiger partial charge on any atom is -0.362 e. The summed E-state index contributed by atoms with van der Waals surface area (Å²) >= 11 is 0. The molecule has 0 aliphatic carbocycles. The van der Waals surface area contributed by atoms with Crippen molar-refractivity contribution in [1.82, 2.24) is 14.9 Å². The zero-order valence-electron chi connectivity index (χ0n) is 11.3. The van der Waals surface area contributed by atoms with E-state index in [1.165, 1.54) is 11.3 Å². The first kappa shape index (κ1) is 12.3. The summed E-state index contributed by atoms with van der Waals surface area (Å²) in [4.78, 5) is 13.4. The summed E-state index contributed by atoms with van der Waals surface area (Å²) < 4.78 is 0. The molecule has 94 valence electrons. The normalized spacial score (nSPS) is 16.1. The van der Waals surface area contributed by atoms with Crippen molar-refractivity contribution < 1.29 is 0 Å². The highest BCUT2D eigenvalue weighted by molar-refractivity contribution is 5.48. The molecule has 0 radical (unpaired) electrons. The lowest BCUT2D eigenvalue weighted by atomic mass is 10.0. The predicted octanol–water partition coefficient (Wildman–Crippen LogP) is 1.56. The zero-order chi connectivity index (χ0) is 12.4. The minimum atomic E-state index is 0.712. The van der Waals surface area contributed by atoms with Crippen LogP contribution in [0.1, 0.15) is 25.1 Å². The highest BCUT2D eigenvalue weighted by Crippen LogP contribution is 2.24. The van der Waals surface area contributed by atoms with Crippen molar-refractivity contribution in [3.05, 3.63) is 17.6 Å². The second kappa shape index (κ2) is 5.00. The molecule has 1 aromatic rings. The Hall–Kier alpha value is -1.16. The van der Waals surface area contributed by atoms with Crippen LogP contribution in [0.2, 0.25) is 0 Å². The topological polar surface area (TPSA) is 32.3 Å². The summed E-state index contributed by atoms with van der Waals surface area (Å²) in [5.74, 6) is 1.78. The summed E-state index contributed by atoms with van der Waals surface area (Å²) in [6.07, 6.45) is 2.73. The van der Waals surface area contributed by atoms with Gasteiger partial charge in [0.2, 0.25) is 0 Å². The van der Waals surface area contributed by atoms with Gasteiger partial charge >= 0.3 is 0 Å². The third kappa shape index (κ3) is 2.75. The van der Waals surface area contributed by atoms with Crippen LogP contribution in [0.4, 0.5) is 5.82 Å². The van der Waals surface area contributed by atoms with E-state index >= 15 is 0 Å². The van der Waals surface area contributed by atoms with Crippen LogP contribution < -0.4 is 4.90 Å². The third-order valence-electron chi connectivity index (χ3n) is 3.11. The van der Waals surface area contributed by atoms with E-state index in [0.717, 1.165) is 31.9 Å². The number of anilines is 1. The summed E-state index contributed by atoms with van der Waals surface area (Å²) in [5.41, 5.74) is 2.54. The fourth-order valence-corrected chi connectivity index (χ4v) is 2.44. The van der Waals surface area contributed by atoms with Crippen LogP contribution in [0.15, 0.2) is 6.33 Å². The highest BCUT2D eigenvalue weighted by atomic mass is 15.2. The molecule has 1 aliphatic heterocycles. The Balaban J connectivity index is 2.23. The Kier molecular flexibility index (Phi) is 3.62. The molecule has 0 amide bonds. The number of aromatic nitrogens is 2. The summed E-state index contributed by atoms with van der Waals surface area (Å²) in [6, 6.07) is 0. The minimum absolute atomic E-state index is 0.712. The largest absolute Gasteiger partial charge is 0.362 e. The van der Waals surface area contributed by atoms with Crippen LogP contribution in [0.25, 0.3) is 0 Å². The van der Waals surface area contributed by atoms with Crippen LogP contribution in [-0.4, -0.2) is 42.1 Å². The van der Waals surface area contributed by atoms with Crippen molar-refractivity contribution in [2.24, 2.45) is 5.92 Å². The predicted molar refractivity (Wildman–Crippen MR) is 70.2 cm³/mol. The summed E-state index contributed by atoms with van der Waals surface area (Å²) in [7, 11) is 4.09. The lowest BCUT2D eigenvalue weighted by Gasteiger charge is -2.31. The molecule has 17 heavy (non-hydrogen) atoms. The standard InChI is InChI=1S/C13H22N4/c1-10(2)7-17-6-5-12-11(8-17)13(16(3)4)15-9-14-12/h9-10H,5-8H2,1-4H3. The number of hydrogen-bond donors (Lipinski definition) is 0. The van der Waals surface area contributed by atoms with E-state index in [9.17, 15) is 0 Å². The lowest BCUT2D eigenvalue weighted by molar-refractivity contribution is 0.224. The molecule has 4 heteroatoms. The quantitative estimate of drug-likeness (QED) is 0.794. The Labute approximate surface area is 104 Å². The Morgan fingerprint density at radius 1 is 1.35 bits per heavy atom. The molecule has 0 saturated carbocycles. The van der Waals surface area contributed by atoms with Crippen molar-refractivity contribution in [2.75, 3.05) is 32.1 Å².